The van der Waals surface area contributed by atoms with Crippen molar-refractivity contribution in [2.75, 3.05) is 33.5 Å². The number of halogens is 1. The van der Waals surface area contributed by atoms with E-state index in [4.69, 9.17) is 14.2 Å². The van der Waals surface area contributed by atoms with E-state index in [0.29, 0.717) is 0 Å². The third-order valence-corrected chi connectivity index (χ3v) is 4.55. The third kappa shape index (κ3) is 4.66. The van der Waals surface area contributed by atoms with Gasteiger partial charge in [-0.3, -0.25) is 4.79 Å². The van der Waals surface area contributed by atoms with Crippen LogP contribution in [0, 0.1) is 5.82 Å². The summed E-state index contributed by atoms with van der Waals surface area (Å²) in [5.74, 6) is -0.908. The summed E-state index contributed by atoms with van der Waals surface area (Å²) in [5, 5.41) is 0. The predicted octanol–water partition coefficient (Wildman–Crippen LogP) is 3.57. The van der Waals surface area contributed by atoms with Crippen LogP contribution in [0.2, 0.25) is 0 Å². The first-order chi connectivity index (χ1) is 10.1. The van der Waals surface area contributed by atoms with Crippen molar-refractivity contribution in [3.05, 3.63) is 33.8 Å². The zero-order valence-electron chi connectivity index (χ0n) is 12.3. The zero-order valence-corrected chi connectivity index (χ0v) is 13.9. The minimum absolute atomic E-state index is 0.0449. The van der Waals surface area contributed by atoms with Crippen LogP contribution in [-0.4, -0.2) is 39.3 Å². The van der Waals surface area contributed by atoms with E-state index in [1.54, 1.807) is 0 Å². The lowest BCUT2D eigenvalue weighted by molar-refractivity contribution is 0.0501. The highest BCUT2D eigenvalue weighted by Gasteiger charge is 2.21. The second-order valence-corrected chi connectivity index (χ2v) is 5.70. The molecule has 0 amide bonds. The van der Waals surface area contributed by atoms with Gasteiger partial charge in [-0.2, -0.15) is 0 Å². The molecule has 1 rings (SSSR count). The number of hydrogen-bond acceptors (Lipinski definition) is 6. The number of rotatable bonds is 8. The summed E-state index contributed by atoms with van der Waals surface area (Å²) in [6.45, 7) is -0.0449. The molecule has 0 aromatic heterocycles. The van der Waals surface area contributed by atoms with Crippen molar-refractivity contribution in [2.45, 2.75) is 0 Å². The minimum atomic E-state index is -0.617. The van der Waals surface area contributed by atoms with Gasteiger partial charge in [-0.05, 0) is 24.6 Å². The maximum absolute atomic E-state index is 13.8. The molecule has 4 nitrogen and oxygen atoms in total. The summed E-state index contributed by atoms with van der Waals surface area (Å²) in [5.41, 5.74) is 0.0511. The van der Waals surface area contributed by atoms with Gasteiger partial charge in [0.05, 0.1) is 7.11 Å². The lowest BCUT2D eigenvalue weighted by Crippen LogP contribution is -2.08. The van der Waals surface area contributed by atoms with Gasteiger partial charge in [-0.25, -0.2) is 4.39 Å². The molecule has 0 radical (unpaired) electrons. The molecule has 1 aromatic rings. The van der Waals surface area contributed by atoms with Crippen LogP contribution in [0.3, 0.4) is 0 Å². The van der Waals surface area contributed by atoms with Crippen molar-refractivity contribution in [1.29, 1.82) is 0 Å². The monoisotopic (exact) mass is 332 g/mol. The topological polar surface area (TPSA) is 44.8 Å². The molecule has 21 heavy (non-hydrogen) atoms. The number of benzene rings is 1. The van der Waals surface area contributed by atoms with Crippen molar-refractivity contribution < 1.29 is 23.4 Å². The van der Waals surface area contributed by atoms with Crippen LogP contribution in [0.5, 0.6) is 11.5 Å². The van der Waals surface area contributed by atoms with Crippen LogP contribution in [0.15, 0.2) is 22.4 Å². The molecule has 0 unspecified atom stereocenters. The largest absolute Gasteiger partial charge is 0.493 e. The van der Waals surface area contributed by atoms with E-state index in [9.17, 15) is 9.18 Å². The second kappa shape index (κ2) is 8.96. The van der Waals surface area contributed by atoms with Gasteiger partial charge in [0.15, 0.2) is 24.1 Å². The Labute approximate surface area is 132 Å². The number of thioether (sulfide) groups is 2. The van der Waals surface area contributed by atoms with Crippen LogP contribution < -0.4 is 9.47 Å². The first kappa shape index (κ1) is 17.9. The fraction of sp³-hybridized carbons (Fsp3) is 0.357. The average molecular weight is 332 g/mol. The maximum atomic E-state index is 13.8. The van der Waals surface area contributed by atoms with Gasteiger partial charge in [-0.1, -0.05) is 0 Å². The van der Waals surface area contributed by atoms with Crippen molar-refractivity contribution >= 4 is 29.3 Å². The summed E-state index contributed by atoms with van der Waals surface area (Å²) in [6.07, 6.45) is 5.16. The van der Waals surface area contributed by atoms with Crippen LogP contribution >= 0.6 is 23.5 Å². The van der Waals surface area contributed by atoms with Crippen molar-refractivity contribution in [2.24, 2.45) is 0 Å². The summed E-state index contributed by atoms with van der Waals surface area (Å²) < 4.78 is 29.8. The van der Waals surface area contributed by atoms with E-state index < -0.39 is 5.82 Å². The molecule has 0 saturated heterocycles. The summed E-state index contributed by atoms with van der Waals surface area (Å²) in [6, 6.07) is 2.57. The van der Waals surface area contributed by atoms with E-state index in [1.165, 1.54) is 56.0 Å². The van der Waals surface area contributed by atoms with E-state index in [0.717, 1.165) is 4.24 Å². The second-order valence-electron chi connectivity index (χ2n) is 3.74. The van der Waals surface area contributed by atoms with Gasteiger partial charge in [0.2, 0.25) is 0 Å². The quantitative estimate of drug-likeness (QED) is 0.412. The van der Waals surface area contributed by atoms with E-state index >= 15 is 0 Å². The smallest absolute Gasteiger partial charge is 0.195 e. The van der Waals surface area contributed by atoms with Crippen molar-refractivity contribution in [1.82, 2.24) is 0 Å². The SMILES string of the molecule is COCOc1ccc(F)c(OC)c1C(=O)C=C(SC)SC. The number of carbonyl (C=O) groups is 1. The first-order valence-electron chi connectivity index (χ1n) is 5.91. The molecule has 0 saturated carbocycles. The van der Waals surface area contributed by atoms with Gasteiger partial charge in [0, 0.05) is 17.4 Å². The molecule has 0 aliphatic carbocycles. The molecule has 0 aliphatic rings. The van der Waals surface area contributed by atoms with Crippen LogP contribution in [0.25, 0.3) is 0 Å². The molecule has 0 bridgehead atoms. The zero-order chi connectivity index (χ0) is 15.8. The summed E-state index contributed by atoms with van der Waals surface area (Å²) >= 11 is 2.87. The Morgan fingerprint density at radius 3 is 2.48 bits per heavy atom. The molecule has 1 aromatic carbocycles. The van der Waals surface area contributed by atoms with Gasteiger partial charge in [0.1, 0.15) is 11.3 Å². The molecule has 7 heteroatoms. The minimum Gasteiger partial charge on any atom is -0.493 e. The highest BCUT2D eigenvalue weighted by Crippen LogP contribution is 2.33. The number of ether oxygens (including phenoxy) is 3. The molecule has 0 heterocycles. The molecule has 116 valence electrons. The van der Waals surface area contributed by atoms with Gasteiger partial charge >= 0.3 is 0 Å². The number of hydrogen-bond donors (Lipinski definition) is 0. The summed E-state index contributed by atoms with van der Waals surface area (Å²) in [7, 11) is 2.77. The number of methoxy groups -OCH3 is 2. The van der Waals surface area contributed by atoms with Gasteiger partial charge in [0.25, 0.3) is 0 Å². The Balaban J connectivity index is 3.31. The molecule has 0 aliphatic heterocycles. The molecular weight excluding hydrogens is 315 g/mol. The maximum Gasteiger partial charge on any atom is 0.195 e. The third-order valence-electron chi connectivity index (χ3n) is 2.51. The highest BCUT2D eigenvalue weighted by atomic mass is 32.2. The molecule has 0 atom stereocenters. The Morgan fingerprint density at radius 2 is 1.95 bits per heavy atom. The normalized spacial score (nSPS) is 10.1. The molecule has 0 spiro atoms. The van der Waals surface area contributed by atoms with Crippen LogP contribution in [0.4, 0.5) is 4.39 Å². The standard InChI is InChI=1S/C14H17FO4S2/c1-17-8-19-11-6-5-9(15)14(18-2)13(11)10(16)7-12(20-3)21-4/h5-7H,8H2,1-4H3. The lowest BCUT2D eigenvalue weighted by Gasteiger charge is -2.13. The lowest BCUT2D eigenvalue weighted by atomic mass is 10.1. The molecule has 0 fully saturated rings. The number of allylic oxidation sites excluding steroid dienone is 1. The number of ketones is 1. The fourth-order valence-electron chi connectivity index (χ4n) is 1.60. The fourth-order valence-corrected chi connectivity index (χ4v) is 2.71. The molecule has 0 N–H and O–H groups in total. The van der Waals surface area contributed by atoms with Crippen LogP contribution in [-0.2, 0) is 4.74 Å². The Kier molecular flexibility index (Phi) is 7.63. The van der Waals surface area contributed by atoms with Gasteiger partial charge in [-0.15, -0.1) is 23.5 Å². The Bertz CT molecular complexity index is 526. The highest BCUT2D eigenvalue weighted by molar-refractivity contribution is 8.21. The van der Waals surface area contributed by atoms with Crippen molar-refractivity contribution in [3.63, 3.8) is 0 Å². The van der Waals surface area contributed by atoms with Gasteiger partial charge < -0.3 is 14.2 Å². The Morgan fingerprint density at radius 1 is 1.29 bits per heavy atom. The number of carbonyl (C=O) groups excluding carboxylic acids is 1. The Hall–Kier alpha value is -1.18. The average Bonchev–Trinajstić information content (AvgIpc) is 2.50. The van der Waals surface area contributed by atoms with Crippen LogP contribution in [0.1, 0.15) is 10.4 Å². The van der Waals surface area contributed by atoms with E-state index in [2.05, 4.69) is 0 Å². The first-order valence-corrected chi connectivity index (χ1v) is 8.36. The molecular formula is C14H17FO4S2. The van der Waals surface area contributed by atoms with Crippen molar-refractivity contribution in [3.8, 4) is 11.5 Å². The van der Waals surface area contributed by atoms with E-state index in [-0.39, 0.29) is 29.6 Å². The van der Waals surface area contributed by atoms with E-state index in [1.807, 2.05) is 12.5 Å². The summed E-state index contributed by atoms with van der Waals surface area (Å²) in [4.78, 5) is 12.4. The predicted molar refractivity (Wildman–Crippen MR) is 84.9 cm³/mol.